The number of amides is 6. The van der Waals surface area contributed by atoms with Crippen LogP contribution in [-0.2, 0) is 60.7 Å². The van der Waals surface area contributed by atoms with Crippen LogP contribution in [0, 0.1) is 34.5 Å². The quantitative estimate of drug-likeness (QED) is 0.0345. The van der Waals surface area contributed by atoms with E-state index in [4.69, 9.17) is 54.2 Å². The molecule has 6 N–H and O–H groups in total. The second-order valence-corrected chi connectivity index (χ2v) is 32.9. The third kappa shape index (κ3) is 24.0. The van der Waals surface area contributed by atoms with E-state index in [0.717, 1.165) is 49.8 Å². The zero-order valence-corrected chi connectivity index (χ0v) is 64.6. The van der Waals surface area contributed by atoms with Gasteiger partial charge in [0.2, 0.25) is 21.5 Å². The van der Waals surface area contributed by atoms with E-state index in [1.165, 1.54) is 10.0 Å². The van der Waals surface area contributed by atoms with Crippen LogP contribution in [0.3, 0.4) is 0 Å². The van der Waals surface area contributed by atoms with Crippen LogP contribution in [0.15, 0.2) is 133 Å². The van der Waals surface area contributed by atoms with Gasteiger partial charge in [-0.3, -0.25) is 58.3 Å². The number of hydrogen-bond acceptors (Lipinski definition) is 15. The van der Waals surface area contributed by atoms with Gasteiger partial charge in [0.1, 0.15) is 47.9 Å². The summed E-state index contributed by atoms with van der Waals surface area (Å²) in [5.41, 5.74) is 9.98. The van der Waals surface area contributed by atoms with Crippen molar-refractivity contribution in [1.82, 2.24) is 52.1 Å². The fourth-order valence-electron chi connectivity index (χ4n) is 12.5. The van der Waals surface area contributed by atoms with E-state index in [9.17, 15) is 43.2 Å². The molecular weight excluding hydrogens is 1400 g/mol. The Labute approximate surface area is 631 Å². The molecule has 21 nitrogen and oxygen atoms in total. The number of ketones is 2. The molecule has 4 aromatic carbocycles. The predicted molar refractivity (Wildman–Crippen MR) is 411 cm³/mol. The number of alkyl carbamates (subject to hydrolysis) is 1. The fourth-order valence-corrected chi connectivity index (χ4v) is 12.6. The van der Waals surface area contributed by atoms with E-state index in [-0.39, 0.29) is 72.8 Å². The largest absolute Gasteiger partial charge is 0.460 e. The van der Waals surface area contributed by atoms with Crippen molar-refractivity contribution in [3.63, 3.8) is 0 Å². The number of nitrogens with zero attached hydrogens (tertiary/aromatic N) is 4. The highest BCUT2D eigenvalue weighted by Gasteiger charge is 2.40. The summed E-state index contributed by atoms with van der Waals surface area (Å²) in [5.74, 6) is -4.36. The Morgan fingerprint density at radius 1 is 0.733 bits per heavy atom. The second kappa shape index (κ2) is 36.1. The molecule has 2 saturated heterocycles. The summed E-state index contributed by atoms with van der Waals surface area (Å²) >= 11 is 17.2. The van der Waals surface area contributed by atoms with Gasteiger partial charge in [-0.05, 0) is 146 Å². The highest BCUT2D eigenvalue weighted by molar-refractivity contribution is 6.67. The SMILES string of the molecule is CC(C)[C@@H]1CC(=O)C(C)(C)/C=C/c2ccc3ccc(nc3c2)[C@@H](C)NC(=O)[C@@H]2CCCN(N2)C(=O)[C@H](Cc2ccccc2)NC1=O.CC(C)[C@H](CC(=O)C(C)(C)/C=C/c1ccc2ccc([C@@H](C)NC(=O)OC(C)(C)C)nc2c1)C(=O)N[C@@H](Cc1ccccc1)C(=O)N1CCC[C@@H](C(=O)OCC(Cl)(Cl)Cl)N1. The third-order valence-corrected chi connectivity index (χ3v) is 19.4. The summed E-state index contributed by atoms with van der Waals surface area (Å²) in [6.07, 6.45) is 9.46. The van der Waals surface area contributed by atoms with Crippen LogP contribution in [0.25, 0.3) is 34.0 Å². The first kappa shape index (κ1) is 82.1. The standard InChI is InChI=1S/C44H56Cl3N5O7.C37H45N5O4/c1-27(2)32(38(54)50-36(24-29-13-10-9-11-14-29)39(55)52-22-12-15-34(51-52)40(56)58-26-44(45,46)47)25-37(53)43(7,8)21-20-30-16-17-31-18-19-33(49-35(31)23-30)28(3)48-41(57)59-42(4,5)6;1-23(2)28-22-33(43)37(4,5)18-17-26-13-14-27-15-16-29(39-31(27)20-26)24(3)38-35(45)30-12-9-19-42(41-30)36(46)32(40-34(28)44)21-25-10-7-6-8-11-25/h9-11,13-14,16-21,23,27-28,32,34,36,51H,12,15,22,24-26H2,1-8H3,(H,48,57)(H,50,54);6-8,10-11,13-18,20,23-24,28,30,32,41H,9,12,19,21-22H2,1-5H3,(H,38,45)(H,40,44)/b21-20+;18-17+/t28-,32+,34+,36+;24-,28+,30+,32+/m11/s1. The van der Waals surface area contributed by atoms with E-state index in [0.29, 0.717) is 44.5 Å². The molecule has 562 valence electrons. The number of hydrazine groups is 2. The van der Waals surface area contributed by atoms with Gasteiger partial charge in [-0.25, -0.2) is 15.6 Å². The molecule has 0 unspecified atom stereocenters. The smallest absolute Gasteiger partial charge is 0.408 e. The highest BCUT2D eigenvalue weighted by Crippen LogP contribution is 2.32. The zero-order chi connectivity index (χ0) is 76.7. The number of hydrogen-bond donors (Lipinski definition) is 6. The van der Waals surface area contributed by atoms with Gasteiger partial charge in [-0.1, -0.05) is 184 Å². The average Bonchev–Trinajstić information content (AvgIpc) is 1.06. The number of alkyl halides is 3. The summed E-state index contributed by atoms with van der Waals surface area (Å²) < 4.78 is 8.76. The summed E-state index contributed by atoms with van der Waals surface area (Å²) in [7, 11) is 0. The monoisotopic (exact) mass is 1490 g/mol. The normalized spacial score (nSPS) is 20.5. The van der Waals surface area contributed by atoms with Crippen LogP contribution in [0.2, 0.25) is 0 Å². The zero-order valence-electron chi connectivity index (χ0n) is 62.3. The van der Waals surface area contributed by atoms with Crippen molar-refractivity contribution >= 4 is 122 Å². The Balaban J connectivity index is 0.000000273. The van der Waals surface area contributed by atoms with E-state index in [1.54, 1.807) is 34.6 Å². The number of benzene rings is 4. The number of Topliss-reactive ketones (excluding diaryl/α,β-unsaturated/α-hetero) is 2. The van der Waals surface area contributed by atoms with E-state index < -0.39 is 92.8 Å². The number of carbonyl (C=O) groups is 9. The second-order valence-electron chi connectivity index (χ2n) is 30.4. The van der Waals surface area contributed by atoms with Crippen molar-refractivity contribution < 1.29 is 52.6 Å². The van der Waals surface area contributed by atoms with Crippen LogP contribution in [-0.4, -0.2) is 126 Å². The molecule has 0 spiro atoms. The molecule has 24 heteroatoms. The van der Waals surface area contributed by atoms with Crippen LogP contribution in [0.5, 0.6) is 0 Å². The van der Waals surface area contributed by atoms with Gasteiger partial charge in [-0.2, -0.15) is 0 Å². The number of carbonyl (C=O) groups excluding carboxylic acids is 9. The summed E-state index contributed by atoms with van der Waals surface area (Å²) in [4.78, 5) is 132. The van der Waals surface area contributed by atoms with Gasteiger partial charge in [-0.15, -0.1) is 0 Å². The highest BCUT2D eigenvalue weighted by atomic mass is 35.6. The Morgan fingerprint density at radius 3 is 2.03 bits per heavy atom. The first-order valence-corrected chi connectivity index (χ1v) is 37.2. The van der Waals surface area contributed by atoms with Crippen molar-refractivity contribution in [3.05, 3.63) is 167 Å². The van der Waals surface area contributed by atoms with Gasteiger partial charge in [0, 0.05) is 72.2 Å². The lowest BCUT2D eigenvalue weighted by Crippen LogP contribution is -2.62. The molecule has 8 atom stereocenters. The van der Waals surface area contributed by atoms with Gasteiger partial charge < -0.3 is 30.7 Å². The Morgan fingerprint density at radius 2 is 1.37 bits per heavy atom. The Kier molecular flexibility index (Phi) is 28.2. The maximum atomic E-state index is 14.1. The summed E-state index contributed by atoms with van der Waals surface area (Å²) in [6.45, 7) is 24.3. The Hall–Kier alpha value is -8.60. The van der Waals surface area contributed by atoms with E-state index >= 15 is 0 Å². The van der Waals surface area contributed by atoms with Gasteiger partial charge in [0.05, 0.1) is 34.5 Å². The fraction of sp³-hybridized carbons (Fsp3) is 0.469. The maximum Gasteiger partial charge on any atom is 0.408 e. The molecule has 6 amide bonds. The molecule has 0 aliphatic carbocycles. The van der Waals surface area contributed by atoms with Gasteiger partial charge in [0.15, 0.2) is 0 Å². The van der Waals surface area contributed by atoms with Crippen molar-refractivity contribution in [2.24, 2.45) is 34.5 Å². The molecule has 5 bridgehead atoms. The molecule has 3 aliphatic heterocycles. The first-order valence-electron chi connectivity index (χ1n) is 36.1. The lowest BCUT2D eigenvalue weighted by molar-refractivity contribution is -0.153. The molecule has 5 heterocycles. The number of fused-ring (bicyclic) bond motifs is 5. The lowest BCUT2D eigenvalue weighted by Gasteiger charge is -2.36. The maximum absolute atomic E-state index is 14.1. The number of pyridine rings is 2. The number of aromatic nitrogens is 2. The van der Waals surface area contributed by atoms with Crippen molar-refractivity contribution in [2.45, 2.75) is 187 Å². The van der Waals surface area contributed by atoms with Crippen molar-refractivity contribution in [1.29, 1.82) is 0 Å². The van der Waals surface area contributed by atoms with Crippen LogP contribution < -0.4 is 32.1 Å². The molecule has 0 saturated carbocycles. The predicted octanol–water partition coefficient (Wildman–Crippen LogP) is 13.1. The van der Waals surface area contributed by atoms with Crippen LogP contribution in [0.1, 0.15) is 174 Å². The number of allylic oxidation sites excluding steroid dienone is 2. The van der Waals surface area contributed by atoms with Crippen LogP contribution in [0.4, 0.5) is 4.79 Å². The van der Waals surface area contributed by atoms with Gasteiger partial charge >= 0.3 is 12.1 Å². The third-order valence-electron chi connectivity index (χ3n) is 19.0. The number of nitrogens with one attached hydrogen (secondary N) is 6. The molecule has 9 rings (SSSR count). The lowest BCUT2D eigenvalue weighted by atomic mass is 9.79. The number of halogens is 3. The molecule has 2 fully saturated rings. The van der Waals surface area contributed by atoms with E-state index in [1.807, 2.05) is 201 Å². The number of esters is 1. The first-order chi connectivity index (χ1) is 49.4. The number of ether oxygens (including phenoxy) is 2. The summed E-state index contributed by atoms with van der Waals surface area (Å²) in [6, 6.07) is 34.1. The van der Waals surface area contributed by atoms with Gasteiger partial charge in [0.25, 0.3) is 11.8 Å². The minimum atomic E-state index is -1.78. The van der Waals surface area contributed by atoms with Crippen molar-refractivity contribution in [2.75, 3.05) is 19.7 Å². The Bertz CT molecular complexity index is 4160. The minimum Gasteiger partial charge on any atom is -0.460 e. The topological polar surface area (TPSA) is 277 Å². The van der Waals surface area contributed by atoms with Crippen molar-refractivity contribution in [3.8, 4) is 0 Å². The molecule has 105 heavy (non-hydrogen) atoms. The van der Waals surface area contributed by atoms with E-state index in [2.05, 4.69) is 32.1 Å². The molecule has 0 radical (unpaired) electrons. The molecule has 2 aromatic heterocycles. The molecule has 3 aliphatic rings. The van der Waals surface area contributed by atoms with Crippen LogP contribution >= 0.6 is 34.8 Å². The molecule has 6 aromatic rings. The average molecular weight is 1500 g/mol. The summed E-state index contributed by atoms with van der Waals surface area (Å²) in [5, 5.41) is 16.5. The molecular formula is C81H101Cl3N10O11. The minimum absolute atomic E-state index is 0.0395. The number of rotatable bonds is 18.